The fraction of sp³-hybridized carbons (Fsp3) is 1.00. The monoisotopic (exact) mass is 206 g/mol. The van der Waals surface area contributed by atoms with E-state index in [0.29, 0.717) is 0 Å². The molecule has 1 aliphatic heterocycles. The molecule has 5 heteroatoms. The fourth-order valence-corrected chi connectivity index (χ4v) is 2.47. The van der Waals surface area contributed by atoms with Gasteiger partial charge in [0.05, 0.1) is 5.75 Å². The molecule has 0 aromatic rings. The van der Waals surface area contributed by atoms with Crippen molar-refractivity contribution in [2.75, 3.05) is 25.9 Å². The van der Waals surface area contributed by atoms with Crippen LogP contribution in [0.3, 0.4) is 0 Å². The summed E-state index contributed by atoms with van der Waals surface area (Å²) in [7, 11) is -0.999. The maximum Gasteiger partial charge on any atom is 0.211 e. The minimum atomic E-state index is -3.02. The van der Waals surface area contributed by atoms with Crippen molar-refractivity contribution in [3.8, 4) is 0 Å². The zero-order valence-corrected chi connectivity index (χ0v) is 9.10. The molecule has 1 N–H and O–H groups in total. The first-order valence-electron chi connectivity index (χ1n) is 4.72. The minimum absolute atomic E-state index is 0.115. The normalized spacial score (nSPS) is 26.2. The van der Waals surface area contributed by atoms with Crippen molar-refractivity contribution < 1.29 is 8.42 Å². The third-order valence-corrected chi connectivity index (χ3v) is 3.80. The van der Waals surface area contributed by atoms with Gasteiger partial charge in [-0.2, -0.15) is 0 Å². The molecule has 1 fully saturated rings. The molecule has 0 saturated carbocycles. The molecule has 0 aromatic heterocycles. The molecule has 1 atom stereocenters. The standard InChI is InChI=1S/C8H18N2O2S/c1-3-13(11,12)9-8-5-4-6-10(2)7-8/h8-9H,3-7H2,1-2H3/t8-/m0/s1. The van der Waals surface area contributed by atoms with Gasteiger partial charge >= 0.3 is 0 Å². The fourth-order valence-electron chi connectivity index (χ4n) is 1.60. The predicted octanol–water partition coefficient (Wildman–Crippen LogP) is 0.0199. The Hall–Kier alpha value is -0.130. The largest absolute Gasteiger partial charge is 0.305 e. The van der Waals surface area contributed by atoms with Gasteiger partial charge < -0.3 is 4.90 Å². The predicted molar refractivity (Wildman–Crippen MR) is 53.1 cm³/mol. The van der Waals surface area contributed by atoms with Crippen LogP contribution in [-0.2, 0) is 10.0 Å². The van der Waals surface area contributed by atoms with E-state index in [4.69, 9.17) is 0 Å². The summed E-state index contributed by atoms with van der Waals surface area (Å²) in [4.78, 5) is 2.16. The van der Waals surface area contributed by atoms with Crippen molar-refractivity contribution in [3.63, 3.8) is 0 Å². The third kappa shape index (κ3) is 3.62. The molecule has 0 aromatic carbocycles. The van der Waals surface area contributed by atoms with Crippen LogP contribution in [0.1, 0.15) is 19.8 Å². The van der Waals surface area contributed by atoms with Crippen molar-refractivity contribution in [2.45, 2.75) is 25.8 Å². The first-order chi connectivity index (χ1) is 6.03. The SMILES string of the molecule is CCS(=O)(=O)N[C@H]1CCCN(C)C1. The van der Waals surface area contributed by atoms with Gasteiger partial charge in [0.2, 0.25) is 10.0 Å². The van der Waals surface area contributed by atoms with Crippen LogP contribution in [0.2, 0.25) is 0 Å². The Bertz CT molecular complexity index is 251. The highest BCUT2D eigenvalue weighted by molar-refractivity contribution is 7.89. The molecule has 0 unspecified atom stereocenters. The van der Waals surface area contributed by atoms with Gasteiger partial charge in [-0.05, 0) is 33.4 Å². The quantitative estimate of drug-likeness (QED) is 0.708. The summed E-state index contributed by atoms with van der Waals surface area (Å²) < 4.78 is 25.2. The molecule has 1 aliphatic rings. The molecular formula is C8H18N2O2S. The molecule has 4 nitrogen and oxygen atoms in total. The van der Waals surface area contributed by atoms with Gasteiger partial charge in [-0.3, -0.25) is 0 Å². The number of rotatable bonds is 3. The number of piperidine rings is 1. The van der Waals surface area contributed by atoms with Crippen LogP contribution >= 0.6 is 0 Å². The molecule has 13 heavy (non-hydrogen) atoms. The topological polar surface area (TPSA) is 49.4 Å². The van der Waals surface area contributed by atoms with E-state index in [2.05, 4.69) is 9.62 Å². The van der Waals surface area contributed by atoms with Gasteiger partial charge in [0, 0.05) is 12.6 Å². The number of hydrogen-bond acceptors (Lipinski definition) is 3. The van der Waals surface area contributed by atoms with Gasteiger partial charge in [0.15, 0.2) is 0 Å². The highest BCUT2D eigenvalue weighted by Gasteiger charge is 2.20. The lowest BCUT2D eigenvalue weighted by Crippen LogP contribution is -2.46. The molecule has 0 bridgehead atoms. The zero-order chi connectivity index (χ0) is 9.90. The summed E-state index contributed by atoms with van der Waals surface area (Å²) >= 11 is 0. The maximum absolute atomic E-state index is 11.2. The lowest BCUT2D eigenvalue weighted by Gasteiger charge is -2.29. The number of likely N-dealkylation sites (N-methyl/N-ethyl adjacent to an activating group) is 1. The molecule has 0 amide bonds. The number of hydrogen-bond donors (Lipinski definition) is 1. The van der Waals surface area contributed by atoms with Crippen molar-refractivity contribution in [3.05, 3.63) is 0 Å². The Kier molecular flexibility index (Phi) is 3.70. The van der Waals surface area contributed by atoms with Crippen LogP contribution in [0, 0.1) is 0 Å². The van der Waals surface area contributed by atoms with E-state index >= 15 is 0 Å². The zero-order valence-electron chi connectivity index (χ0n) is 8.28. The van der Waals surface area contributed by atoms with E-state index in [1.807, 2.05) is 7.05 Å². The average Bonchev–Trinajstić information content (AvgIpc) is 2.03. The highest BCUT2D eigenvalue weighted by atomic mass is 32.2. The average molecular weight is 206 g/mol. The van der Waals surface area contributed by atoms with E-state index in [0.717, 1.165) is 25.9 Å². The van der Waals surface area contributed by atoms with Crippen molar-refractivity contribution >= 4 is 10.0 Å². The second kappa shape index (κ2) is 4.39. The first-order valence-corrected chi connectivity index (χ1v) is 6.37. The van der Waals surface area contributed by atoms with Gasteiger partial charge in [0.25, 0.3) is 0 Å². The summed E-state index contributed by atoms with van der Waals surface area (Å²) in [5, 5.41) is 0. The molecular weight excluding hydrogens is 188 g/mol. The van der Waals surface area contributed by atoms with Crippen molar-refractivity contribution in [1.82, 2.24) is 9.62 Å². The van der Waals surface area contributed by atoms with Gasteiger partial charge in [0.1, 0.15) is 0 Å². The highest BCUT2D eigenvalue weighted by Crippen LogP contribution is 2.08. The summed E-state index contributed by atoms with van der Waals surface area (Å²) in [5.74, 6) is 0.174. The van der Waals surface area contributed by atoms with Gasteiger partial charge in [-0.1, -0.05) is 0 Å². The van der Waals surface area contributed by atoms with E-state index in [1.54, 1.807) is 6.92 Å². The molecule has 1 heterocycles. The van der Waals surface area contributed by atoms with Crippen LogP contribution in [0.4, 0.5) is 0 Å². The van der Waals surface area contributed by atoms with Crippen molar-refractivity contribution in [2.24, 2.45) is 0 Å². The molecule has 0 aliphatic carbocycles. The van der Waals surface area contributed by atoms with Crippen LogP contribution in [-0.4, -0.2) is 45.2 Å². The smallest absolute Gasteiger partial charge is 0.211 e. The van der Waals surface area contributed by atoms with E-state index in [-0.39, 0.29) is 11.8 Å². The van der Waals surface area contributed by atoms with E-state index < -0.39 is 10.0 Å². The number of likely N-dealkylation sites (tertiary alicyclic amines) is 1. The first kappa shape index (κ1) is 10.9. The van der Waals surface area contributed by atoms with Crippen LogP contribution in [0.25, 0.3) is 0 Å². The number of nitrogens with zero attached hydrogens (tertiary/aromatic N) is 1. The van der Waals surface area contributed by atoms with Crippen LogP contribution < -0.4 is 4.72 Å². The second-order valence-electron chi connectivity index (χ2n) is 3.62. The lowest BCUT2D eigenvalue weighted by atomic mass is 10.1. The maximum atomic E-state index is 11.2. The van der Waals surface area contributed by atoms with E-state index in [9.17, 15) is 8.42 Å². The van der Waals surface area contributed by atoms with Gasteiger partial charge in [-0.25, -0.2) is 13.1 Å². The summed E-state index contributed by atoms with van der Waals surface area (Å²) in [5.41, 5.74) is 0. The van der Waals surface area contributed by atoms with E-state index in [1.165, 1.54) is 0 Å². The second-order valence-corrected chi connectivity index (χ2v) is 5.67. The summed E-state index contributed by atoms with van der Waals surface area (Å²) in [6, 6.07) is 0.115. The summed E-state index contributed by atoms with van der Waals surface area (Å²) in [6.45, 7) is 3.57. The Morgan fingerprint density at radius 3 is 2.77 bits per heavy atom. The molecule has 78 valence electrons. The molecule has 0 radical (unpaired) electrons. The Labute approximate surface area is 80.4 Å². The molecule has 0 spiro atoms. The Balaban J connectivity index is 2.45. The number of nitrogens with one attached hydrogen (secondary N) is 1. The minimum Gasteiger partial charge on any atom is -0.305 e. The van der Waals surface area contributed by atoms with Crippen LogP contribution in [0.5, 0.6) is 0 Å². The number of sulfonamides is 1. The van der Waals surface area contributed by atoms with Gasteiger partial charge in [-0.15, -0.1) is 0 Å². The molecule has 1 rings (SSSR count). The lowest BCUT2D eigenvalue weighted by molar-refractivity contribution is 0.242. The summed E-state index contributed by atoms with van der Waals surface area (Å²) in [6.07, 6.45) is 2.04. The van der Waals surface area contributed by atoms with Crippen molar-refractivity contribution in [1.29, 1.82) is 0 Å². The van der Waals surface area contributed by atoms with Crippen LogP contribution in [0.15, 0.2) is 0 Å². The molecule has 1 saturated heterocycles. The third-order valence-electron chi connectivity index (χ3n) is 2.35. The Morgan fingerprint density at radius 1 is 1.54 bits per heavy atom. The Morgan fingerprint density at radius 2 is 2.23 bits per heavy atom.